The minimum absolute atomic E-state index is 0.0601. The van der Waals surface area contributed by atoms with Crippen LogP contribution >= 0.6 is 0 Å². The molecule has 0 aromatic heterocycles. The molecule has 1 aromatic rings. The molecule has 9 heteroatoms. The van der Waals surface area contributed by atoms with Crippen LogP contribution in [0.1, 0.15) is 31.7 Å². The predicted octanol–water partition coefficient (Wildman–Crippen LogP) is 1.45. The lowest BCUT2D eigenvalue weighted by atomic mass is 9.88. The summed E-state index contributed by atoms with van der Waals surface area (Å²) in [6.45, 7) is 2.28. The quantitative estimate of drug-likeness (QED) is 0.780. The van der Waals surface area contributed by atoms with Crippen molar-refractivity contribution in [1.82, 2.24) is 14.5 Å². The van der Waals surface area contributed by atoms with Crippen LogP contribution in [-0.4, -0.2) is 53.9 Å². The van der Waals surface area contributed by atoms with Crippen molar-refractivity contribution < 1.29 is 22.4 Å². The summed E-state index contributed by atoms with van der Waals surface area (Å²) in [6, 6.07) is 5.12. The molecular weight excluding hydrogens is 361 g/mol. The number of halogens is 1. The van der Waals surface area contributed by atoms with Gasteiger partial charge in [0.1, 0.15) is 11.4 Å². The number of nitrogens with zero attached hydrogens (tertiary/aromatic N) is 2. The Hall–Kier alpha value is -2.00. The first-order valence-electron chi connectivity index (χ1n) is 8.64. The molecular formula is C17H22FN3O4S. The fourth-order valence-electron chi connectivity index (χ4n) is 3.46. The van der Waals surface area contributed by atoms with E-state index in [0.29, 0.717) is 12.0 Å². The molecule has 0 aliphatic carbocycles. The zero-order valence-electron chi connectivity index (χ0n) is 14.6. The van der Waals surface area contributed by atoms with E-state index in [9.17, 15) is 22.4 Å². The van der Waals surface area contributed by atoms with E-state index in [-0.39, 0.29) is 50.0 Å². The Morgan fingerprint density at radius 2 is 1.77 bits per heavy atom. The maximum absolute atomic E-state index is 13.0. The van der Waals surface area contributed by atoms with E-state index in [1.165, 1.54) is 28.6 Å². The summed E-state index contributed by atoms with van der Waals surface area (Å²) >= 11 is 0. The van der Waals surface area contributed by atoms with Crippen molar-refractivity contribution in [3.63, 3.8) is 0 Å². The molecule has 7 nitrogen and oxygen atoms in total. The Kier molecular flexibility index (Phi) is 5.03. The van der Waals surface area contributed by atoms with Gasteiger partial charge in [-0.05, 0) is 37.0 Å². The normalized spacial score (nSPS) is 20.6. The zero-order chi connectivity index (χ0) is 18.9. The number of benzene rings is 1. The SMILES string of the molecule is CCCS(=O)(=O)N1CCC2(CC1)NC(=O)N(Cc1ccc(F)cc1)C2=O. The van der Waals surface area contributed by atoms with Crippen LogP contribution in [-0.2, 0) is 21.4 Å². The van der Waals surface area contributed by atoms with Gasteiger partial charge in [-0.25, -0.2) is 21.9 Å². The Balaban J connectivity index is 1.70. The highest BCUT2D eigenvalue weighted by Crippen LogP contribution is 2.31. The summed E-state index contributed by atoms with van der Waals surface area (Å²) in [5.41, 5.74) is -0.398. The zero-order valence-corrected chi connectivity index (χ0v) is 15.4. The lowest BCUT2D eigenvalue weighted by Gasteiger charge is -2.36. The highest BCUT2D eigenvalue weighted by Gasteiger charge is 2.53. The van der Waals surface area contributed by atoms with Crippen molar-refractivity contribution in [2.45, 2.75) is 38.3 Å². The van der Waals surface area contributed by atoms with Crippen molar-refractivity contribution in [2.75, 3.05) is 18.8 Å². The standard InChI is InChI=1S/C17H22FN3O4S/c1-2-11-26(24,25)20-9-7-17(8-10-20)15(22)21(16(23)19-17)12-13-3-5-14(18)6-4-13/h3-6H,2,7-12H2,1H3,(H,19,23). The summed E-state index contributed by atoms with van der Waals surface area (Å²) in [5.74, 6) is -0.653. The van der Waals surface area contributed by atoms with Crippen LogP contribution in [0.4, 0.5) is 9.18 Å². The van der Waals surface area contributed by atoms with E-state index < -0.39 is 21.6 Å². The molecule has 1 spiro atoms. The predicted molar refractivity (Wildman–Crippen MR) is 93.1 cm³/mol. The Labute approximate surface area is 152 Å². The molecule has 0 unspecified atom stereocenters. The van der Waals surface area contributed by atoms with Crippen molar-refractivity contribution in [1.29, 1.82) is 0 Å². The lowest BCUT2D eigenvalue weighted by Crippen LogP contribution is -2.56. The number of hydrogen-bond acceptors (Lipinski definition) is 4. The molecule has 1 N–H and O–H groups in total. The van der Waals surface area contributed by atoms with E-state index in [0.717, 1.165) is 4.90 Å². The summed E-state index contributed by atoms with van der Waals surface area (Å²) in [6.07, 6.45) is 1.03. The molecule has 2 fully saturated rings. The minimum Gasteiger partial charge on any atom is -0.323 e. The average molecular weight is 383 g/mol. The Morgan fingerprint density at radius 3 is 2.35 bits per heavy atom. The summed E-state index contributed by atoms with van der Waals surface area (Å²) < 4.78 is 38.8. The van der Waals surface area contributed by atoms with Gasteiger partial charge in [0.15, 0.2) is 0 Å². The molecule has 2 heterocycles. The van der Waals surface area contributed by atoms with Gasteiger partial charge in [-0.1, -0.05) is 19.1 Å². The summed E-state index contributed by atoms with van der Waals surface area (Å²) in [4.78, 5) is 26.3. The number of carbonyl (C=O) groups excluding carboxylic acids is 2. The number of rotatable bonds is 5. The van der Waals surface area contributed by atoms with Gasteiger partial charge in [-0.3, -0.25) is 9.69 Å². The lowest BCUT2D eigenvalue weighted by molar-refractivity contribution is -0.133. The van der Waals surface area contributed by atoms with Crippen LogP contribution in [0.25, 0.3) is 0 Å². The van der Waals surface area contributed by atoms with Gasteiger partial charge in [-0.15, -0.1) is 0 Å². The topological polar surface area (TPSA) is 86.8 Å². The minimum atomic E-state index is -3.32. The second kappa shape index (κ2) is 6.96. The van der Waals surface area contributed by atoms with Gasteiger partial charge in [-0.2, -0.15) is 0 Å². The van der Waals surface area contributed by atoms with Crippen molar-refractivity contribution in [2.24, 2.45) is 0 Å². The van der Waals surface area contributed by atoms with E-state index >= 15 is 0 Å². The van der Waals surface area contributed by atoms with Crippen LogP contribution in [0.3, 0.4) is 0 Å². The number of urea groups is 1. The van der Waals surface area contributed by atoms with Crippen molar-refractivity contribution >= 4 is 22.0 Å². The van der Waals surface area contributed by atoms with Crippen molar-refractivity contribution in [3.05, 3.63) is 35.6 Å². The second-order valence-corrected chi connectivity index (χ2v) is 8.83. The number of carbonyl (C=O) groups is 2. The first-order valence-corrected chi connectivity index (χ1v) is 10.2. The third kappa shape index (κ3) is 3.45. The van der Waals surface area contributed by atoms with E-state index in [1.54, 1.807) is 6.92 Å². The average Bonchev–Trinajstić information content (AvgIpc) is 2.81. The molecule has 2 aliphatic rings. The highest BCUT2D eigenvalue weighted by molar-refractivity contribution is 7.89. The van der Waals surface area contributed by atoms with Crippen LogP contribution in [0.15, 0.2) is 24.3 Å². The Morgan fingerprint density at radius 1 is 1.15 bits per heavy atom. The van der Waals surface area contributed by atoms with Crippen LogP contribution in [0, 0.1) is 5.82 Å². The van der Waals surface area contributed by atoms with Gasteiger partial charge in [0.25, 0.3) is 5.91 Å². The molecule has 2 saturated heterocycles. The Bertz CT molecular complexity index is 802. The van der Waals surface area contributed by atoms with Crippen LogP contribution < -0.4 is 5.32 Å². The monoisotopic (exact) mass is 383 g/mol. The van der Waals surface area contributed by atoms with Gasteiger partial charge in [0.05, 0.1) is 12.3 Å². The molecule has 3 amide bonds. The maximum Gasteiger partial charge on any atom is 0.325 e. The molecule has 0 radical (unpaired) electrons. The maximum atomic E-state index is 13.0. The van der Waals surface area contributed by atoms with Gasteiger partial charge in [0, 0.05) is 13.1 Å². The van der Waals surface area contributed by atoms with E-state index in [2.05, 4.69) is 5.32 Å². The van der Waals surface area contributed by atoms with Gasteiger partial charge >= 0.3 is 6.03 Å². The summed E-state index contributed by atoms with van der Waals surface area (Å²) in [5, 5.41) is 2.75. The molecule has 0 bridgehead atoms. The first-order chi connectivity index (χ1) is 12.3. The fraction of sp³-hybridized carbons (Fsp3) is 0.529. The third-order valence-electron chi connectivity index (χ3n) is 4.93. The van der Waals surface area contributed by atoms with Crippen LogP contribution in [0.2, 0.25) is 0 Å². The number of hydrogen-bond donors (Lipinski definition) is 1. The molecule has 26 heavy (non-hydrogen) atoms. The van der Waals surface area contributed by atoms with Gasteiger partial charge < -0.3 is 5.32 Å². The molecule has 0 saturated carbocycles. The van der Waals surface area contributed by atoms with E-state index in [4.69, 9.17) is 0 Å². The fourth-order valence-corrected chi connectivity index (χ4v) is 4.98. The summed E-state index contributed by atoms with van der Waals surface area (Å²) in [7, 11) is -3.32. The molecule has 1 aromatic carbocycles. The van der Waals surface area contributed by atoms with E-state index in [1.807, 2.05) is 0 Å². The smallest absolute Gasteiger partial charge is 0.323 e. The molecule has 2 aliphatic heterocycles. The number of nitrogens with one attached hydrogen (secondary N) is 1. The molecule has 0 atom stereocenters. The number of sulfonamides is 1. The first kappa shape index (κ1) is 18.8. The number of amides is 3. The third-order valence-corrected chi connectivity index (χ3v) is 7.01. The van der Waals surface area contributed by atoms with Gasteiger partial charge in [0.2, 0.25) is 10.0 Å². The van der Waals surface area contributed by atoms with Crippen LogP contribution in [0.5, 0.6) is 0 Å². The molecule has 3 rings (SSSR count). The molecule has 142 valence electrons. The number of imide groups is 1. The second-order valence-electron chi connectivity index (χ2n) is 6.75. The highest BCUT2D eigenvalue weighted by atomic mass is 32.2. The van der Waals surface area contributed by atoms with Crippen molar-refractivity contribution in [3.8, 4) is 0 Å². The largest absolute Gasteiger partial charge is 0.325 e. The number of piperidine rings is 1.